The van der Waals surface area contributed by atoms with Gasteiger partial charge >= 0.3 is 0 Å². The van der Waals surface area contributed by atoms with E-state index in [9.17, 15) is 0 Å². The SMILES string of the molecule is c1ccc(-c2nc(-c3ccccc3)nc(-c3ccc4sc5cccc(-c6ccc7c(c6)oc6cc(-n8c9ccccc9c9ccccc98)ccc67)c5c4c3)n2)cc1. The second-order valence-electron chi connectivity index (χ2n) is 14.4. The van der Waals surface area contributed by atoms with Crippen molar-refractivity contribution in [1.82, 2.24) is 19.5 Å². The van der Waals surface area contributed by atoms with E-state index in [0.717, 1.165) is 55.4 Å². The molecule has 0 saturated carbocycles. The first kappa shape index (κ1) is 31.9. The summed E-state index contributed by atoms with van der Waals surface area (Å²) in [4.78, 5) is 15.0. The van der Waals surface area contributed by atoms with Gasteiger partial charge < -0.3 is 8.98 Å². The van der Waals surface area contributed by atoms with Gasteiger partial charge in [-0.05, 0) is 71.8 Å². The lowest BCUT2D eigenvalue weighted by Gasteiger charge is -2.09. The summed E-state index contributed by atoms with van der Waals surface area (Å²) in [5.74, 6) is 1.94. The Balaban J connectivity index is 0.989. The van der Waals surface area contributed by atoms with E-state index in [1.54, 1.807) is 11.3 Å². The van der Waals surface area contributed by atoms with Crippen LogP contribution in [0, 0.1) is 0 Å². The number of furan rings is 1. The molecule has 12 aromatic rings. The number of aromatic nitrogens is 4. The highest BCUT2D eigenvalue weighted by atomic mass is 32.1. The quantitative estimate of drug-likeness (QED) is 0.176. The van der Waals surface area contributed by atoms with Crippen LogP contribution in [-0.4, -0.2) is 19.5 Å². The van der Waals surface area contributed by atoms with Crippen LogP contribution in [-0.2, 0) is 0 Å². The number of hydrogen-bond acceptors (Lipinski definition) is 5. The van der Waals surface area contributed by atoms with E-state index in [4.69, 9.17) is 19.4 Å². The molecule has 0 aliphatic rings. The average molecular weight is 747 g/mol. The molecule has 6 heteroatoms. The van der Waals surface area contributed by atoms with Gasteiger partial charge in [-0.3, -0.25) is 0 Å². The molecule has 12 rings (SSSR count). The first-order valence-electron chi connectivity index (χ1n) is 19.0. The highest BCUT2D eigenvalue weighted by Gasteiger charge is 2.18. The molecule has 4 aromatic heterocycles. The predicted molar refractivity (Wildman–Crippen MR) is 236 cm³/mol. The van der Waals surface area contributed by atoms with Crippen LogP contribution in [0.15, 0.2) is 186 Å². The molecule has 57 heavy (non-hydrogen) atoms. The second kappa shape index (κ2) is 12.6. The Morgan fingerprint density at radius 1 is 0.386 bits per heavy atom. The van der Waals surface area contributed by atoms with Gasteiger partial charge in [-0.1, -0.05) is 115 Å². The van der Waals surface area contributed by atoms with E-state index in [1.165, 1.54) is 42.0 Å². The van der Waals surface area contributed by atoms with Crippen LogP contribution >= 0.6 is 11.3 Å². The zero-order valence-corrected chi connectivity index (χ0v) is 31.2. The normalized spacial score (nSPS) is 11.9. The summed E-state index contributed by atoms with van der Waals surface area (Å²) in [5, 5.41) is 7.08. The van der Waals surface area contributed by atoms with E-state index in [2.05, 4.69) is 126 Å². The lowest BCUT2D eigenvalue weighted by Crippen LogP contribution is -2.00. The standard InChI is InChI=1S/C51H30N4OS/c1-3-12-31(13-4-1)49-52-50(32-14-5-2-6-15-32)54-51(53-49)34-23-27-46-41(28-34)48-36(18-11-21-47(48)57-46)33-22-25-39-40-26-24-35(30-45(40)56-44(39)29-33)55-42-19-9-7-16-37(42)38-17-8-10-20-43(38)55/h1-30H. The third kappa shape index (κ3) is 5.12. The minimum absolute atomic E-state index is 0.644. The molecule has 0 spiro atoms. The minimum atomic E-state index is 0.644. The summed E-state index contributed by atoms with van der Waals surface area (Å²) in [7, 11) is 0. The molecule has 0 radical (unpaired) electrons. The average Bonchev–Trinajstić information content (AvgIpc) is 3.95. The van der Waals surface area contributed by atoms with Crippen molar-refractivity contribution in [3.05, 3.63) is 182 Å². The summed E-state index contributed by atoms with van der Waals surface area (Å²) >= 11 is 1.80. The van der Waals surface area contributed by atoms with E-state index < -0.39 is 0 Å². The molecule has 0 atom stereocenters. The fourth-order valence-corrected chi connectivity index (χ4v) is 9.53. The maximum absolute atomic E-state index is 6.70. The summed E-state index contributed by atoms with van der Waals surface area (Å²) in [6.07, 6.45) is 0. The van der Waals surface area contributed by atoms with Crippen LogP contribution in [0.5, 0.6) is 0 Å². The molecule has 0 aliphatic carbocycles. The number of fused-ring (bicyclic) bond motifs is 9. The molecule has 0 aliphatic heterocycles. The molecular formula is C51H30N4OS. The van der Waals surface area contributed by atoms with E-state index in [1.807, 2.05) is 60.7 Å². The van der Waals surface area contributed by atoms with Gasteiger partial charge in [-0.15, -0.1) is 11.3 Å². The van der Waals surface area contributed by atoms with Gasteiger partial charge in [0.2, 0.25) is 0 Å². The van der Waals surface area contributed by atoms with Crippen molar-refractivity contribution in [2.75, 3.05) is 0 Å². The summed E-state index contributed by atoms with van der Waals surface area (Å²) in [5.41, 5.74) is 10.3. The Hall–Kier alpha value is -7.41. The highest BCUT2D eigenvalue weighted by molar-refractivity contribution is 7.26. The van der Waals surface area contributed by atoms with Crippen LogP contribution in [0.1, 0.15) is 0 Å². The van der Waals surface area contributed by atoms with Crippen molar-refractivity contribution in [2.24, 2.45) is 0 Å². The monoisotopic (exact) mass is 746 g/mol. The smallest absolute Gasteiger partial charge is 0.164 e. The lowest BCUT2D eigenvalue weighted by atomic mass is 9.97. The Morgan fingerprint density at radius 2 is 0.965 bits per heavy atom. The highest BCUT2D eigenvalue weighted by Crippen LogP contribution is 2.43. The molecule has 266 valence electrons. The molecule has 0 N–H and O–H groups in total. The summed E-state index contributed by atoms with van der Waals surface area (Å²) in [6.45, 7) is 0. The minimum Gasteiger partial charge on any atom is -0.456 e. The van der Waals surface area contributed by atoms with Gasteiger partial charge in [0.25, 0.3) is 0 Å². The molecule has 0 bridgehead atoms. The number of para-hydroxylation sites is 2. The maximum atomic E-state index is 6.70. The van der Waals surface area contributed by atoms with Gasteiger partial charge in [-0.25, -0.2) is 15.0 Å². The Kier molecular flexibility index (Phi) is 7.03. The number of thiophene rings is 1. The van der Waals surface area contributed by atoms with Crippen molar-refractivity contribution in [1.29, 1.82) is 0 Å². The van der Waals surface area contributed by atoms with Crippen molar-refractivity contribution < 1.29 is 4.42 Å². The molecule has 0 unspecified atom stereocenters. The van der Waals surface area contributed by atoms with Crippen molar-refractivity contribution in [3.8, 4) is 51.0 Å². The predicted octanol–water partition coefficient (Wildman–Crippen LogP) is 13.9. The maximum Gasteiger partial charge on any atom is 0.164 e. The zero-order valence-electron chi connectivity index (χ0n) is 30.4. The lowest BCUT2D eigenvalue weighted by molar-refractivity contribution is 0.669. The van der Waals surface area contributed by atoms with Gasteiger partial charge in [0.15, 0.2) is 17.5 Å². The third-order valence-corrected chi connectivity index (χ3v) is 12.2. The fourth-order valence-electron chi connectivity index (χ4n) is 8.42. The number of benzene rings is 8. The van der Waals surface area contributed by atoms with Gasteiger partial charge in [0.1, 0.15) is 11.2 Å². The van der Waals surface area contributed by atoms with Crippen LogP contribution in [0.25, 0.3) is 115 Å². The number of rotatable bonds is 5. The Labute approximate surface area is 330 Å². The van der Waals surface area contributed by atoms with Gasteiger partial charge in [-0.2, -0.15) is 0 Å². The molecule has 4 heterocycles. The Bertz CT molecular complexity index is 3420. The van der Waals surface area contributed by atoms with E-state index >= 15 is 0 Å². The van der Waals surface area contributed by atoms with Gasteiger partial charge in [0.05, 0.1) is 11.0 Å². The largest absolute Gasteiger partial charge is 0.456 e. The van der Waals surface area contributed by atoms with E-state index in [0.29, 0.717) is 17.5 Å². The third-order valence-electron chi connectivity index (χ3n) is 11.1. The Morgan fingerprint density at radius 3 is 1.65 bits per heavy atom. The van der Waals surface area contributed by atoms with Crippen LogP contribution < -0.4 is 0 Å². The molecule has 0 amide bonds. The van der Waals surface area contributed by atoms with E-state index in [-0.39, 0.29) is 0 Å². The van der Waals surface area contributed by atoms with Gasteiger partial charge in [0, 0.05) is 70.2 Å². The molecule has 8 aromatic carbocycles. The molecule has 5 nitrogen and oxygen atoms in total. The number of nitrogens with zero attached hydrogens (tertiary/aromatic N) is 4. The first-order chi connectivity index (χ1) is 28.2. The summed E-state index contributed by atoms with van der Waals surface area (Å²) < 4.78 is 11.5. The van der Waals surface area contributed by atoms with Crippen molar-refractivity contribution in [2.45, 2.75) is 0 Å². The van der Waals surface area contributed by atoms with Crippen molar-refractivity contribution in [3.63, 3.8) is 0 Å². The number of hydrogen-bond donors (Lipinski definition) is 0. The topological polar surface area (TPSA) is 56.7 Å². The molecular weight excluding hydrogens is 717 g/mol. The second-order valence-corrected chi connectivity index (χ2v) is 15.5. The molecule has 0 saturated heterocycles. The van der Waals surface area contributed by atoms with Crippen LogP contribution in [0.2, 0.25) is 0 Å². The molecule has 0 fully saturated rings. The fraction of sp³-hybridized carbons (Fsp3) is 0. The zero-order chi connectivity index (χ0) is 37.5. The van der Waals surface area contributed by atoms with Crippen molar-refractivity contribution >= 4 is 75.3 Å². The summed E-state index contributed by atoms with van der Waals surface area (Å²) in [6, 6.07) is 63.8. The van der Waals surface area contributed by atoms with Crippen LogP contribution in [0.4, 0.5) is 0 Å². The van der Waals surface area contributed by atoms with Crippen LogP contribution in [0.3, 0.4) is 0 Å². The first-order valence-corrected chi connectivity index (χ1v) is 19.8.